The zero-order valence-corrected chi connectivity index (χ0v) is 21.2. The number of hydrogen-bond acceptors (Lipinski definition) is 6. The lowest BCUT2D eigenvalue weighted by Gasteiger charge is -2.27. The summed E-state index contributed by atoms with van der Waals surface area (Å²) in [5.74, 6) is -0.0697. The number of hydrogen-bond donors (Lipinski definition) is 1. The molecule has 0 atom stereocenters. The lowest BCUT2D eigenvalue weighted by Crippen LogP contribution is -2.46. The zero-order chi connectivity index (χ0) is 27.7. The monoisotopic (exact) mass is 538 g/mol. The molecule has 202 valence electrons. The first kappa shape index (κ1) is 26.2. The first-order chi connectivity index (χ1) is 18.6. The number of fused-ring (bicyclic) bond motifs is 1. The van der Waals surface area contributed by atoms with Gasteiger partial charge in [-0.15, -0.1) is 0 Å². The summed E-state index contributed by atoms with van der Waals surface area (Å²) < 4.78 is 46.0. The van der Waals surface area contributed by atoms with E-state index in [2.05, 4.69) is 15.3 Å². The number of benzene rings is 2. The van der Waals surface area contributed by atoms with Crippen molar-refractivity contribution in [3.8, 4) is 11.8 Å². The van der Waals surface area contributed by atoms with E-state index in [1.54, 1.807) is 12.1 Å². The predicted molar refractivity (Wildman–Crippen MR) is 138 cm³/mol. The number of nitrogens with zero attached hydrogens (tertiary/aromatic N) is 5. The summed E-state index contributed by atoms with van der Waals surface area (Å²) in [6.45, 7) is 2.86. The molecule has 1 aliphatic rings. The van der Waals surface area contributed by atoms with E-state index < -0.39 is 17.6 Å². The van der Waals surface area contributed by atoms with Gasteiger partial charge in [0.05, 0.1) is 29.2 Å². The molecule has 0 bridgehead atoms. The number of ether oxygens (including phenoxy) is 1. The molecule has 9 nitrogen and oxygen atoms in total. The van der Waals surface area contributed by atoms with E-state index in [1.807, 2.05) is 28.6 Å². The van der Waals surface area contributed by atoms with Gasteiger partial charge in [-0.3, -0.25) is 9.59 Å². The first-order valence-corrected chi connectivity index (χ1v) is 12.2. The van der Waals surface area contributed by atoms with Gasteiger partial charge < -0.3 is 24.4 Å². The van der Waals surface area contributed by atoms with Crippen molar-refractivity contribution in [2.45, 2.75) is 6.18 Å². The fraction of sp³-hybridized carbons (Fsp3) is 0.259. The van der Waals surface area contributed by atoms with Crippen LogP contribution in [0.15, 0.2) is 60.9 Å². The number of piperazine rings is 1. The second kappa shape index (κ2) is 10.4. The minimum Gasteiger partial charge on any atom is -0.424 e. The number of aromatic nitrogens is 3. The van der Waals surface area contributed by atoms with Gasteiger partial charge in [-0.1, -0.05) is 0 Å². The third kappa shape index (κ3) is 5.41. The van der Waals surface area contributed by atoms with Crippen LogP contribution in [0.1, 0.15) is 26.4 Å². The zero-order valence-electron chi connectivity index (χ0n) is 21.2. The van der Waals surface area contributed by atoms with E-state index >= 15 is 0 Å². The van der Waals surface area contributed by atoms with Crippen LogP contribution in [0.2, 0.25) is 0 Å². The smallest absolute Gasteiger partial charge is 0.416 e. The second-order valence-corrected chi connectivity index (χ2v) is 9.12. The predicted octanol–water partition coefficient (Wildman–Crippen LogP) is 4.10. The summed E-state index contributed by atoms with van der Waals surface area (Å²) >= 11 is 0. The summed E-state index contributed by atoms with van der Waals surface area (Å²) in [7, 11) is 3.30. The van der Waals surface area contributed by atoms with Gasteiger partial charge in [-0.2, -0.15) is 13.2 Å². The molecule has 2 aromatic carbocycles. The van der Waals surface area contributed by atoms with Crippen LogP contribution in [-0.2, 0) is 13.2 Å². The summed E-state index contributed by atoms with van der Waals surface area (Å²) in [5.41, 5.74) is 0.995. The van der Waals surface area contributed by atoms with Crippen molar-refractivity contribution in [1.29, 1.82) is 0 Å². The summed E-state index contributed by atoms with van der Waals surface area (Å²) in [4.78, 5) is 37.1. The summed E-state index contributed by atoms with van der Waals surface area (Å²) in [5, 5.41) is 4.13. The SMILES string of the molecule is CN(C(=O)c1ccc(C(F)(F)F)cc1)c1cnc(Oc2ccc3cc(C(=O)N4CCNCC4)n(C)c3c2)nc1. The van der Waals surface area contributed by atoms with E-state index in [1.165, 1.54) is 24.3 Å². The van der Waals surface area contributed by atoms with Crippen LogP contribution in [0, 0.1) is 0 Å². The molecule has 1 N–H and O–H groups in total. The summed E-state index contributed by atoms with van der Waals surface area (Å²) in [6, 6.07) is 11.3. The third-order valence-electron chi connectivity index (χ3n) is 6.61. The number of anilines is 1. The number of alkyl halides is 3. The van der Waals surface area contributed by atoms with Crippen LogP contribution in [0.25, 0.3) is 10.9 Å². The van der Waals surface area contributed by atoms with Gasteiger partial charge in [0.25, 0.3) is 11.8 Å². The highest BCUT2D eigenvalue weighted by Crippen LogP contribution is 2.30. The minimum absolute atomic E-state index is 0.0217. The lowest BCUT2D eigenvalue weighted by molar-refractivity contribution is -0.137. The Morgan fingerprint density at radius 3 is 2.31 bits per heavy atom. The highest BCUT2D eigenvalue weighted by Gasteiger charge is 2.30. The largest absolute Gasteiger partial charge is 0.424 e. The maximum absolute atomic E-state index is 13.0. The average Bonchev–Trinajstić information content (AvgIpc) is 3.28. The van der Waals surface area contributed by atoms with Crippen molar-refractivity contribution in [3.05, 3.63) is 77.7 Å². The lowest BCUT2D eigenvalue weighted by atomic mass is 10.1. The number of rotatable bonds is 5. The van der Waals surface area contributed by atoms with Crippen LogP contribution in [-0.4, -0.2) is 64.5 Å². The number of nitrogens with one attached hydrogen (secondary N) is 1. The van der Waals surface area contributed by atoms with E-state index in [0.29, 0.717) is 30.2 Å². The Bertz CT molecular complexity index is 1510. The highest BCUT2D eigenvalue weighted by atomic mass is 19.4. The van der Waals surface area contributed by atoms with Gasteiger partial charge in [0.15, 0.2) is 0 Å². The molecule has 12 heteroatoms. The second-order valence-electron chi connectivity index (χ2n) is 9.12. The van der Waals surface area contributed by atoms with Gasteiger partial charge in [0.1, 0.15) is 11.4 Å². The standard InChI is InChI=1S/C27H25F3N6O3/c1-34(24(37)17-3-6-19(7-4-17)27(28,29)30)20-15-32-26(33-16-20)39-21-8-5-18-13-23(35(2)22(18)14-21)25(38)36-11-9-31-10-12-36/h3-8,13-16,31H,9-12H2,1-2H3. The Balaban J connectivity index is 1.28. The molecule has 4 aromatic rings. The first-order valence-electron chi connectivity index (χ1n) is 12.2. The van der Waals surface area contributed by atoms with Crippen LogP contribution in [0.5, 0.6) is 11.8 Å². The molecule has 0 radical (unpaired) electrons. The van der Waals surface area contributed by atoms with E-state index in [-0.39, 0.29) is 17.5 Å². The van der Waals surface area contributed by atoms with Crippen LogP contribution in [0.3, 0.4) is 0 Å². The molecule has 0 aliphatic carbocycles. The number of carbonyl (C=O) groups is 2. The van der Waals surface area contributed by atoms with Gasteiger partial charge >= 0.3 is 12.2 Å². The molecule has 2 aromatic heterocycles. The van der Waals surface area contributed by atoms with Crippen LogP contribution in [0.4, 0.5) is 18.9 Å². The summed E-state index contributed by atoms with van der Waals surface area (Å²) in [6.07, 6.45) is -1.71. The van der Waals surface area contributed by atoms with Gasteiger partial charge in [0.2, 0.25) is 0 Å². The average molecular weight is 539 g/mol. The number of halogens is 3. The molecule has 0 spiro atoms. The van der Waals surface area contributed by atoms with Gasteiger partial charge in [0, 0.05) is 57.3 Å². The molecule has 39 heavy (non-hydrogen) atoms. The van der Waals surface area contributed by atoms with Gasteiger partial charge in [-0.25, -0.2) is 9.97 Å². The van der Waals surface area contributed by atoms with Crippen LogP contribution >= 0.6 is 0 Å². The maximum atomic E-state index is 13.0. The number of carbonyl (C=O) groups excluding carboxylic acids is 2. The van der Waals surface area contributed by atoms with Crippen molar-refractivity contribution in [3.63, 3.8) is 0 Å². The quantitative estimate of drug-likeness (QED) is 0.412. The van der Waals surface area contributed by atoms with Gasteiger partial charge in [-0.05, 0) is 42.5 Å². The molecular weight excluding hydrogens is 513 g/mol. The molecular formula is C27H25F3N6O3. The Morgan fingerprint density at radius 1 is 1.00 bits per heavy atom. The molecule has 5 rings (SSSR count). The molecule has 0 unspecified atom stereocenters. The highest BCUT2D eigenvalue weighted by molar-refractivity contribution is 6.05. The van der Waals surface area contributed by atoms with E-state index in [0.717, 1.165) is 48.3 Å². The molecule has 3 heterocycles. The Morgan fingerprint density at radius 2 is 1.67 bits per heavy atom. The van der Waals surface area contributed by atoms with E-state index in [9.17, 15) is 22.8 Å². The van der Waals surface area contributed by atoms with E-state index in [4.69, 9.17) is 4.74 Å². The van der Waals surface area contributed by atoms with Crippen molar-refractivity contribution in [2.24, 2.45) is 7.05 Å². The van der Waals surface area contributed by atoms with Crippen molar-refractivity contribution in [2.75, 3.05) is 38.1 Å². The molecule has 1 fully saturated rings. The van der Waals surface area contributed by atoms with Crippen LogP contribution < -0.4 is 15.0 Å². The van der Waals surface area contributed by atoms with Crippen molar-refractivity contribution >= 4 is 28.4 Å². The Hall–Kier alpha value is -4.45. The molecule has 1 aliphatic heterocycles. The normalized spacial score (nSPS) is 13.9. The molecule has 0 saturated carbocycles. The Kier molecular flexibility index (Phi) is 6.96. The topological polar surface area (TPSA) is 92.6 Å². The van der Waals surface area contributed by atoms with Crippen molar-refractivity contribution in [1.82, 2.24) is 24.8 Å². The molecule has 2 amide bonds. The number of aryl methyl sites for hydroxylation is 1. The fourth-order valence-electron chi connectivity index (χ4n) is 4.36. The van der Waals surface area contributed by atoms with Crippen molar-refractivity contribution < 1.29 is 27.5 Å². The number of amides is 2. The molecule has 1 saturated heterocycles. The Labute approximate surface area is 221 Å². The minimum atomic E-state index is -4.48. The fourth-order valence-corrected chi connectivity index (χ4v) is 4.36. The maximum Gasteiger partial charge on any atom is 0.416 e. The third-order valence-corrected chi connectivity index (χ3v) is 6.61.